The lowest BCUT2D eigenvalue weighted by Gasteiger charge is -2.28. The largest absolute Gasteiger partial charge is 0.417 e. The molecule has 0 spiro atoms. The fourth-order valence-electron chi connectivity index (χ4n) is 2.91. The zero-order valence-corrected chi connectivity index (χ0v) is 12.4. The fraction of sp³-hybridized carbons (Fsp3) is 0.294. The molecule has 3 nitrogen and oxygen atoms in total. The van der Waals surface area contributed by atoms with Crippen LogP contribution >= 0.6 is 0 Å². The molecule has 2 aromatic rings. The molecular weight excluding hydrogens is 307 g/mol. The highest BCUT2D eigenvalue weighted by molar-refractivity contribution is 6.25. The third-order valence-electron chi connectivity index (χ3n) is 4.03. The van der Waals surface area contributed by atoms with Gasteiger partial charge in [0.1, 0.15) is 0 Å². The summed E-state index contributed by atoms with van der Waals surface area (Å²) in [5, 5.41) is -0.00517. The van der Waals surface area contributed by atoms with Gasteiger partial charge in [-0.1, -0.05) is 25.5 Å². The SMILES string of the molecule is CCCCN1C(=O)c2cccc3c(C(F)(F)F)ccc(c23)C1=O. The van der Waals surface area contributed by atoms with Crippen LogP contribution in [0.5, 0.6) is 0 Å². The van der Waals surface area contributed by atoms with Gasteiger partial charge in [0.25, 0.3) is 11.8 Å². The molecule has 0 aliphatic carbocycles. The molecule has 120 valence electrons. The highest BCUT2D eigenvalue weighted by Gasteiger charge is 2.37. The molecule has 3 rings (SSSR count). The minimum Gasteiger partial charge on any atom is -0.274 e. The molecule has 1 aliphatic rings. The Kier molecular flexibility index (Phi) is 3.62. The van der Waals surface area contributed by atoms with E-state index >= 15 is 0 Å². The van der Waals surface area contributed by atoms with Crippen LogP contribution in [0.15, 0.2) is 30.3 Å². The van der Waals surface area contributed by atoms with Gasteiger partial charge in [-0.25, -0.2) is 0 Å². The second-order valence-electron chi connectivity index (χ2n) is 5.50. The van der Waals surface area contributed by atoms with Crippen LogP contribution in [0, 0.1) is 0 Å². The van der Waals surface area contributed by atoms with E-state index in [2.05, 4.69) is 0 Å². The molecule has 0 fully saturated rings. The molecule has 0 atom stereocenters. The van der Waals surface area contributed by atoms with E-state index in [9.17, 15) is 22.8 Å². The van der Waals surface area contributed by atoms with Crippen LogP contribution in [0.2, 0.25) is 0 Å². The number of nitrogens with zero attached hydrogens (tertiary/aromatic N) is 1. The van der Waals surface area contributed by atoms with E-state index in [-0.39, 0.29) is 28.4 Å². The maximum atomic E-state index is 13.2. The Morgan fingerprint density at radius 2 is 1.65 bits per heavy atom. The van der Waals surface area contributed by atoms with Gasteiger partial charge in [-0.3, -0.25) is 14.5 Å². The smallest absolute Gasteiger partial charge is 0.274 e. The molecule has 1 aliphatic heterocycles. The molecule has 0 unspecified atom stereocenters. The van der Waals surface area contributed by atoms with Crippen molar-refractivity contribution in [2.24, 2.45) is 0 Å². The molecule has 0 aromatic heterocycles. The van der Waals surface area contributed by atoms with Gasteiger partial charge in [0, 0.05) is 23.1 Å². The number of halogens is 3. The number of amides is 2. The number of hydrogen-bond donors (Lipinski definition) is 0. The van der Waals surface area contributed by atoms with E-state index < -0.39 is 23.6 Å². The summed E-state index contributed by atoms with van der Waals surface area (Å²) < 4.78 is 39.5. The summed E-state index contributed by atoms with van der Waals surface area (Å²) in [6, 6.07) is 6.27. The molecule has 0 radical (unpaired) electrons. The molecule has 6 heteroatoms. The van der Waals surface area contributed by atoms with E-state index in [4.69, 9.17) is 0 Å². The van der Waals surface area contributed by atoms with E-state index in [0.717, 1.165) is 17.4 Å². The molecule has 0 bridgehead atoms. The van der Waals surface area contributed by atoms with Gasteiger partial charge in [0.15, 0.2) is 0 Å². The highest BCUT2D eigenvalue weighted by atomic mass is 19.4. The van der Waals surface area contributed by atoms with Crippen molar-refractivity contribution >= 4 is 22.6 Å². The van der Waals surface area contributed by atoms with Crippen molar-refractivity contribution < 1.29 is 22.8 Å². The predicted octanol–water partition coefficient (Wildman–Crippen LogP) is 4.25. The zero-order valence-electron chi connectivity index (χ0n) is 12.4. The summed E-state index contributed by atoms with van der Waals surface area (Å²) in [4.78, 5) is 26.1. The Balaban J connectivity index is 2.25. The summed E-state index contributed by atoms with van der Waals surface area (Å²) in [5.41, 5.74) is -0.528. The number of imide groups is 1. The second kappa shape index (κ2) is 5.37. The lowest BCUT2D eigenvalue weighted by atomic mass is 9.91. The van der Waals surface area contributed by atoms with Crippen LogP contribution in [-0.4, -0.2) is 23.3 Å². The average Bonchev–Trinajstić information content (AvgIpc) is 2.51. The summed E-state index contributed by atoms with van der Waals surface area (Å²) in [7, 11) is 0. The Labute approximate surface area is 130 Å². The second-order valence-corrected chi connectivity index (χ2v) is 5.50. The molecule has 0 saturated carbocycles. The van der Waals surface area contributed by atoms with Gasteiger partial charge in [0.2, 0.25) is 0 Å². The van der Waals surface area contributed by atoms with Gasteiger partial charge < -0.3 is 0 Å². The van der Waals surface area contributed by atoms with Crippen LogP contribution in [0.25, 0.3) is 10.8 Å². The number of benzene rings is 2. The number of rotatable bonds is 3. The Hall–Kier alpha value is -2.37. The van der Waals surface area contributed by atoms with Crippen LogP contribution in [-0.2, 0) is 6.18 Å². The van der Waals surface area contributed by atoms with Gasteiger partial charge >= 0.3 is 6.18 Å². The van der Waals surface area contributed by atoms with Crippen LogP contribution in [0.4, 0.5) is 13.2 Å². The van der Waals surface area contributed by atoms with Crippen LogP contribution < -0.4 is 0 Å². The lowest BCUT2D eigenvalue weighted by molar-refractivity contribution is -0.136. The van der Waals surface area contributed by atoms with Gasteiger partial charge in [-0.05, 0) is 30.0 Å². The summed E-state index contributed by atoms with van der Waals surface area (Å²) in [6.07, 6.45) is -3.08. The number of unbranched alkanes of at least 4 members (excludes halogenated alkanes) is 1. The molecule has 0 N–H and O–H groups in total. The maximum absolute atomic E-state index is 13.2. The standard InChI is InChI=1S/C17H14F3NO2/c1-2-3-9-21-15(22)11-6-4-5-10-13(17(18,19)20)8-7-12(14(10)11)16(21)23/h4-8H,2-3,9H2,1H3. The predicted molar refractivity (Wildman–Crippen MR) is 79.2 cm³/mol. The van der Waals surface area contributed by atoms with Crippen LogP contribution in [0.1, 0.15) is 46.0 Å². The number of alkyl halides is 3. The van der Waals surface area contributed by atoms with Crippen molar-refractivity contribution in [1.29, 1.82) is 0 Å². The van der Waals surface area contributed by atoms with E-state index in [1.54, 1.807) is 0 Å². The zero-order chi connectivity index (χ0) is 16.8. The first kappa shape index (κ1) is 15.5. The first-order valence-electron chi connectivity index (χ1n) is 7.35. The van der Waals surface area contributed by atoms with E-state index in [0.29, 0.717) is 6.42 Å². The molecule has 2 aromatic carbocycles. The Morgan fingerprint density at radius 1 is 1.00 bits per heavy atom. The van der Waals surface area contributed by atoms with Gasteiger partial charge in [-0.2, -0.15) is 13.2 Å². The topological polar surface area (TPSA) is 37.4 Å². The first-order valence-corrected chi connectivity index (χ1v) is 7.35. The molecule has 23 heavy (non-hydrogen) atoms. The van der Waals surface area contributed by atoms with Gasteiger partial charge in [0.05, 0.1) is 5.56 Å². The Bertz CT molecular complexity index is 789. The summed E-state index contributed by atoms with van der Waals surface area (Å²) >= 11 is 0. The van der Waals surface area contributed by atoms with Crippen molar-refractivity contribution in [2.75, 3.05) is 6.54 Å². The van der Waals surface area contributed by atoms with Gasteiger partial charge in [-0.15, -0.1) is 0 Å². The third-order valence-corrected chi connectivity index (χ3v) is 4.03. The minimum atomic E-state index is -4.54. The maximum Gasteiger partial charge on any atom is 0.417 e. The average molecular weight is 321 g/mol. The molecular formula is C17H14F3NO2. The normalized spacial score (nSPS) is 14.7. The summed E-state index contributed by atoms with van der Waals surface area (Å²) in [5.74, 6) is -1.05. The van der Waals surface area contributed by atoms with Crippen molar-refractivity contribution in [1.82, 2.24) is 4.90 Å². The Morgan fingerprint density at radius 3 is 2.26 bits per heavy atom. The van der Waals surface area contributed by atoms with Crippen molar-refractivity contribution in [3.05, 3.63) is 47.0 Å². The highest BCUT2D eigenvalue weighted by Crippen LogP contribution is 2.39. The van der Waals surface area contributed by atoms with Crippen LogP contribution in [0.3, 0.4) is 0 Å². The van der Waals surface area contributed by atoms with E-state index in [1.165, 1.54) is 24.3 Å². The van der Waals surface area contributed by atoms with E-state index in [1.807, 2.05) is 6.92 Å². The molecule has 0 saturated heterocycles. The minimum absolute atomic E-state index is 0.102. The number of carbonyl (C=O) groups is 2. The summed E-state index contributed by atoms with van der Waals surface area (Å²) in [6.45, 7) is 2.20. The fourth-order valence-corrected chi connectivity index (χ4v) is 2.91. The van der Waals surface area contributed by atoms with Crippen molar-refractivity contribution in [3.63, 3.8) is 0 Å². The molecule has 1 heterocycles. The first-order chi connectivity index (χ1) is 10.9. The number of carbonyl (C=O) groups excluding carboxylic acids is 2. The number of hydrogen-bond acceptors (Lipinski definition) is 2. The van der Waals surface area contributed by atoms with Crippen molar-refractivity contribution in [2.45, 2.75) is 25.9 Å². The third kappa shape index (κ3) is 2.38. The lowest BCUT2D eigenvalue weighted by Crippen LogP contribution is -2.41. The monoisotopic (exact) mass is 321 g/mol. The van der Waals surface area contributed by atoms with Crippen molar-refractivity contribution in [3.8, 4) is 0 Å². The molecule has 2 amide bonds. The quantitative estimate of drug-likeness (QED) is 0.792.